The van der Waals surface area contributed by atoms with Gasteiger partial charge in [0.05, 0.1) is 0 Å². The lowest BCUT2D eigenvalue weighted by molar-refractivity contribution is -0.240. The molecule has 0 bridgehead atoms. The second kappa shape index (κ2) is 12.0. The fourth-order valence-electron chi connectivity index (χ4n) is 3.49. The minimum absolute atomic E-state index is 0.174. The van der Waals surface area contributed by atoms with E-state index in [0.717, 1.165) is 32.6 Å². The lowest BCUT2D eigenvalue weighted by Gasteiger charge is -2.48. The lowest BCUT2D eigenvalue weighted by atomic mass is 9.92. The number of rotatable bonds is 7. The fraction of sp³-hybridized carbons (Fsp3) is 0.500. The second-order valence-corrected chi connectivity index (χ2v) is 7.45. The summed E-state index contributed by atoms with van der Waals surface area (Å²) in [5.41, 5.74) is 0.643. The number of carbonyl (C=O) groups excluding carboxylic acids is 5. The first-order valence-electron chi connectivity index (χ1n) is 10.3. The van der Waals surface area contributed by atoms with E-state index in [1.165, 1.54) is 0 Å². The van der Waals surface area contributed by atoms with E-state index in [9.17, 15) is 29.1 Å². The molecule has 1 aliphatic rings. The maximum atomic E-state index is 13.0. The van der Waals surface area contributed by atoms with E-state index in [1.807, 2.05) is 0 Å². The van der Waals surface area contributed by atoms with Gasteiger partial charge in [0.1, 0.15) is 19.3 Å². The van der Waals surface area contributed by atoms with Crippen LogP contribution in [0, 0.1) is 0 Å². The Bertz CT molecular complexity index is 903. The third kappa shape index (κ3) is 7.17. The number of nitrogens with zero attached hydrogens (tertiary/aromatic N) is 1. The highest BCUT2D eigenvalue weighted by atomic mass is 16.6. The van der Waals surface area contributed by atoms with Crippen LogP contribution in [0.1, 0.15) is 33.3 Å². The van der Waals surface area contributed by atoms with Crippen LogP contribution in [0.5, 0.6) is 0 Å². The third-order valence-corrected chi connectivity index (χ3v) is 4.74. The van der Waals surface area contributed by atoms with Crippen molar-refractivity contribution in [3.05, 3.63) is 35.9 Å². The Kier molecular flexibility index (Phi) is 9.36. The Labute approximate surface area is 195 Å². The molecule has 0 spiro atoms. The van der Waals surface area contributed by atoms with Gasteiger partial charge in [0, 0.05) is 27.7 Å². The van der Waals surface area contributed by atoms with Gasteiger partial charge in [0.2, 0.25) is 0 Å². The first-order valence-corrected chi connectivity index (χ1v) is 10.3. The predicted molar refractivity (Wildman–Crippen MR) is 112 cm³/mol. The molecule has 0 saturated carbocycles. The van der Waals surface area contributed by atoms with Gasteiger partial charge in [-0.1, -0.05) is 30.3 Å². The van der Waals surface area contributed by atoms with Gasteiger partial charge in [0.15, 0.2) is 24.5 Å². The van der Waals surface area contributed by atoms with Crippen LogP contribution in [0.25, 0.3) is 0 Å². The molecule has 0 aliphatic carbocycles. The first-order chi connectivity index (χ1) is 16.0. The Balaban J connectivity index is 2.47. The van der Waals surface area contributed by atoms with Crippen molar-refractivity contribution >= 4 is 30.0 Å². The standard InChI is InChI=1S/C22H27NO11/c1-12(24)30-11-17-18(32-13(2)25)19(33-14(3)26)20(34-15(4)27)21(28)23(17)22(29)31-10-16-8-6-5-7-9-16/h5-9,17-21,28H,10-11H2,1-4H3/t17-,18-,19+,20-,21-/m1/s1. The molecule has 1 saturated heterocycles. The molecule has 1 N–H and O–H groups in total. The van der Waals surface area contributed by atoms with Crippen molar-refractivity contribution < 1.29 is 52.8 Å². The molecule has 1 amide bonds. The van der Waals surface area contributed by atoms with Crippen LogP contribution < -0.4 is 0 Å². The van der Waals surface area contributed by atoms with Gasteiger partial charge >= 0.3 is 30.0 Å². The maximum absolute atomic E-state index is 13.0. The minimum atomic E-state index is -1.90. The molecule has 5 atom stereocenters. The molecule has 1 aromatic carbocycles. The Morgan fingerprint density at radius 1 is 0.765 bits per heavy atom. The summed E-state index contributed by atoms with van der Waals surface area (Å²) in [6.07, 6.45) is -7.60. The zero-order chi connectivity index (χ0) is 25.4. The van der Waals surface area contributed by atoms with Crippen molar-refractivity contribution in [2.24, 2.45) is 0 Å². The van der Waals surface area contributed by atoms with E-state index in [0.29, 0.717) is 5.56 Å². The van der Waals surface area contributed by atoms with Gasteiger partial charge in [-0.05, 0) is 5.56 Å². The number of benzene rings is 1. The fourth-order valence-corrected chi connectivity index (χ4v) is 3.49. The number of amides is 1. The number of aliphatic hydroxyl groups excluding tert-OH is 1. The van der Waals surface area contributed by atoms with Gasteiger partial charge in [-0.25, -0.2) is 4.79 Å². The molecule has 1 aromatic rings. The summed E-state index contributed by atoms with van der Waals surface area (Å²) in [5, 5.41) is 11.0. The van der Waals surface area contributed by atoms with E-state index < -0.39 is 67.2 Å². The smallest absolute Gasteiger partial charge is 0.412 e. The van der Waals surface area contributed by atoms with Crippen LogP contribution in [-0.4, -0.2) is 77.2 Å². The molecule has 2 rings (SSSR count). The number of ether oxygens (including phenoxy) is 5. The van der Waals surface area contributed by atoms with Gasteiger partial charge in [0.25, 0.3) is 0 Å². The summed E-state index contributed by atoms with van der Waals surface area (Å²) in [6.45, 7) is 3.56. The molecule has 12 heteroatoms. The molecule has 1 heterocycles. The van der Waals surface area contributed by atoms with E-state index in [4.69, 9.17) is 23.7 Å². The number of hydrogen-bond acceptors (Lipinski definition) is 11. The quantitative estimate of drug-likeness (QED) is 0.432. The average Bonchev–Trinajstić information content (AvgIpc) is 2.75. The minimum Gasteiger partial charge on any atom is -0.464 e. The lowest BCUT2D eigenvalue weighted by Crippen LogP contribution is -2.71. The van der Waals surface area contributed by atoms with Gasteiger partial charge in [-0.2, -0.15) is 0 Å². The highest BCUT2D eigenvalue weighted by Gasteiger charge is 2.56. The van der Waals surface area contributed by atoms with Crippen LogP contribution in [0.2, 0.25) is 0 Å². The molecule has 12 nitrogen and oxygen atoms in total. The van der Waals surface area contributed by atoms with E-state index >= 15 is 0 Å². The highest BCUT2D eigenvalue weighted by Crippen LogP contribution is 2.31. The summed E-state index contributed by atoms with van der Waals surface area (Å²) >= 11 is 0. The second-order valence-electron chi connectivity index (χ2n) is 7.45. The highest BCUT2D eigenvalue weighted by molar-refractivity contribution is 5.71. The van der Waals surface area contributed by atoms with Gasteiger partial charge < -0.3 is 28.8 Å². The molecule has 0 radical (unpaired) electrons. The van der Waals surface area contributed by atoms with E-state index in [-0.39, 0.29) is 6.61 Å². The zero-order valence-electron chi connectivity index (χ0n) is 19.2. The topological polar surface area (TPSA) is 155 Å². The largest absolute Gasteiger partial charge is 0.464 e. The third-order valence-electron chi connectivity index (χ3n) is 4.74. The van der Waals surface area contributed by atoms with Gasteiger partial charge in [-0.3, -0.25) is 24.1 Å². The summed E-state index contributed by atoms with van der Waals surface area (Å²) in [7, 11) is 0. The number of esters is 4. The number of likely N-dealkylation sites (tertiary alicyclic amines) is 1. The number of hydrogen-bond donors (Lipinski definition) is 1. The molecule has 0 aromatic heterocycles. The van der Waals surface area contributed by atoms with E-state index in [2.05, 4.69) is 0 Å². The van der Waals surface area contributed by atoms with Crippen LogP contribution >= 0.6 is 0 Å². The van der Waals surface area contributed by atoms with Gasteiger partial charge in [-0.15, -0.1) is 0 Å². The number of carbonyl (C=O) groups is 5. The maximum Gasteiger partial charge on any atom is 0.412 e. The number of piperidine rings is 1. The predicted octanol–water partition coefficient (Wildman–Crippen LogP) is 0.684. The normalized spacial score (nSPS) is 23.9. The summed E-state index contributed by atoms with van der Waals surface area (Å²) in [5.74, 6) is -3.25. The molecule has 0 unspecified atom stereocenters. The SMILES string of the molecule is CC(=O)OC[C@@H]1[C@@H](OC(C)=O)[C@H](OC(C)=O)[C@@H](OC(C)=O)[C@@H](O)N1C(=O)OCc1ccccc1. The molecule has 1 aliphatic heterocycles. The summed E-state index contributed by atoms with van der Waals surface area (Å²) < 4.78 is 25.9. The molecular formula is C22H27NO11. The van der Waals surface area contributed by atoms with Crippen LogP contribution in [0.15, 0.2) is 30.3 Å². The van der Waals surface area contributed by atoms with Crippen molar-refractivity contribution in [2.45, 2.75) is 64.9 Å². The van der Waals surface area contributed by atoms with Crippen molar-refractivity contribution in [1.82, 2.24) is 4.90 Å². The van der Waals surface area contributed by atoms with Crippen molar-refractivity contribution in [2.75, 3.05) is 6.61 Å². The zero-order valence-corrected chi connectivity index (χ0v) is 19.2. The van der Waals surface area contributed by atoms with Crippen LogP contribution in [0.3, 0.4) is 0 Å². The summed E-state index contributed by atoms with van der Waals surface area (Å²) in [6, 6.07) is 7.31. The number of aliphatic hydroxyl groups is 1. The van der Waals surface area contributed by atoms with Crippen LogP contribution in [-0.2, 0) is 49.5 Å². The summed E-state index contributed by atoms with van der Waals surface area (Å²) in [4.78, 5) is 60.6. The Morgan fingerprint density at radius 2 is 1.29 bits per heavy atom. The van der Waals surface area contributed by atoms with Crippen LogP contribution in [0.4, 0.5) is 4.79 Å². The monoisotopic (exact) mass is 481 g/mol. The molecule has 34 heavy (non-hydrogen) atoms. The average molecular weight is 481 g/mol. The van der Waals surface area contributed by atoms with E-state index in [1.54, 1.807) is 30.3 Å². The molecular weight excluding hydrogens is 454 g/mol. The Morgan fingerprint density at radius 3 is 1.82 bits per heavy atom. The molecule has 1 fully saturated rings. The van der Waals surface area contributed by atoms with Crippen molar-refractivity contribution in [1.29, 1.82) is 0 Å². The van der Waals surface area contributed by atoms with Crippen molar-refractivity contribution in [3.63, 3.8) is 0 Å². The first kappa shape index (κ1) is 26.6. The Hall–Kier alpha value is -3.67. The molecule has 186 valence electrons. The van der Waals surface area contributed by atoms with Crippen molar-refractivity contribution in [3.8, 4) is 0 Å².